The third-order valence-corrected chi connectivity index (χ3v) is 3.15. The maximum Gasteiger partial charge on any atom is 0.491 e. The Labute approximate surface area is 117 Å². The molecule has 0 aromatic heterocycles. The molecule has 0 unspecified atom stereocenters. The second-order valence-corrected chi connectivity index (χ2v) is 4.54. The van der Waals surface area contributed by atoms with E-state index in [1.54, 1.807) is 48.5 Å². The quantitative estimate of drug-likeness (QED) is 0.376. The van der Waals surface area contributed by atoms with E-state index in [9.17, 15) is 18.0 Å². The van der Waals surface area contributed by atoms with Gasteiger partial charge in [-0.1, -0.05) is 48.5 Å². The zero-order valence-corrected chi connectivity index (χ0v) is 10.6. The molecule has 0 heterocycles. The fourth-order valence-electron chi connectivity index (χ4n) is 2.23. The Morgan fingerprint density at radius 3 is 1.81 bits per heavy atom. The summed E-state index contributed by atoms with van der Waals surface area (Å²) in [7, 11) is 0. The van der Waals surface area contributed by atoms with E-state index in [1.165, 1.54) is 0 Å². The standard InChI is InChI=1S/C16H9F3O2/c17-16(18,19)15(20)21-14-12-7-3-1-5-10(12)9-11-6-2-4-8-13(11)14/h1-9H. The number of alkyl halides is 3. The highest BCUT2D eigenvalue weighted by atomic mass is 19.4. The lowest BCUT2D eigenvalue weighted by Gasteiger charge is -2.12. The molecule has 0 fully saturated rings. The van der Waals surface area contributed by atoms with Gasteiger partial charge in [-0.25, -0.2) is 4.79 Å². The van der Waals surface area contributed by atoms with Gasteiger partial charge in [0.25, 0.3) is 0 Å². The van der Waals surface area contributed by atoms with E-state index in [0.717, 1.165) is 0 Å². The van der Waals surface area contributed by atoms with E-state index in [-0.39, 0.29) is 5.75 Å². The first kappa shape index (κ1) is 13.4. The molecule has 0 aliphatic carbocycles. The van der Waals surface area contributed by atoms with Gasteiger partial charge in [-0.15, -0.1) is 0 Å². The largest absolute Gasteiger partial charge is 0.491 e. The van der Waals surface area contributed by atoms with Gasteiger partial charge in [-0.2, -0.15) is 13.2 Å². The number of esters is 1. The van der Waals surface area contributed by atoms with Crippen molar-refractivity contribution < 1.29 is 22.7 Å². The van der Waals surface area contributed by atoms with Crippen molar-refractivity contribution in [3.63, 3.8) is 0 Å². The van der Waals surface area contributed by atoms with Crippen LogP contribution in [0.1, 0.15) is 0 Å². The van der Waals surface area contributed by atoms with Gasteiger partial charge in [0.05, 0.1) is 0 Å². The molecule has 0 aliphatic heterocycles. The summed E-state index contributed by atoms with van der Waals surface area (Å²) in [5.41, 5.74) is 0. The number of carbonyl (C=O) groups is 1. The van der Waals surface area contributed by atoms with Crippen molar-refractivity contribution in [3.05, 3.63) is 54.6 Å². The normalized spacial score (nSPS) is 11.8. The monoisotopic (exact) mass is 290 g/mol. The molecule has 0 atom stereocenters. The SMILES string of the molecule is O=C(Oc1c2ccccc2cc2ccccc12)C(F)(F)F. The zero-order chi connectivity index (χ0) is 15.0. The number of halogens is 3. The number of rotatable bonds is 1. The van der Waals surface area contributed by atoms with E-state index in [4.69, 9.17) is 0 Å². The molecule has 106 valence electrons. The second kappa shape index (κ2) is 4.77. The number of benzene rings is 3. The van der Waals surface area contributed by atoms with Crippen molar-refractivity contribution in [2.24, 2.45) is 0 Å². The van der Waals surface area contributed by atoms with Crippen LogP contribution in [0.2, 0.25) is 0 Å². The van der Waals surface area contributed by atoms with Crippen LogP contribution in [0.4, 0.5) is 13.2 Å². The average Bonchev–Trinajstić information content (AvgIpc) is 2.46. The lowest BCUT2D eigenvalue weighted by atomic mass is 10.0. The molecule has 0 amide bonds. The molecule has 0 radical (unpaired) electrons. The van der Waals surface area contributed by atoms with Crippen LogP contribution in [0.3, 0.4) is 0 Å². The summed E-state index contributed by atoms with van der Waals surface area (Å²) < 4.78 is 42.0. The van der Waals surface area contributed by atoms with Gasteiger partial charge in [-0.3, -0.25) is 0 Å². The van der Waals surface area contributed by atoms with Crippen LogP contribution in [0.5, 0.6) is 5.75 Å². The van der Waals surface area contributed by atoms with Crippen LogP contribution in [-0.4, -0.2) is 12.1 Å². The fourth-order valence-corrected chi connectivity index (χ4v) is 2.23. The summed E-state index contributed by atoms with van der Waals surface area (Å²) in [5.74, 6) is -2.28. The number of hydrogen-bond acceptors (Lipinski definition) is 2. The van der Waals surface area contributed by atoms with Crippen LogP contribution >= 0.6 is 0 Å². The lowest BCUT2D eigenvalue weighted by Crippen LogP contribution is -2.28. The molecule has 0 bridgehead atoms. The van der Waals surface area contributed by atoms with Crippen molar-refractivity contribution in [1.82, 2.24) is 0 Å². The minimum Gasteiger partial charge on any atom is -0.419 e. The maximum absolute atomic E-state index is 12.5. The number of fused-ring (bicyclic) bond motifs is 2. The molecule has 0 aliphatic rings. The third-order valence-electron chi connectivity index (χ3n) is 3.15. The molecular formula is C16H9F3O2. The Balaban J connectivity index is 2.28. The van der Waals surface area contributed by atoms with Gasteiger partial charge in [0.2, 0.25) is 0 Å². The van der Waals surface area contributed by atoms with Crippen LogP contribution in [0.15, 0.2) is 54.6 Å². The van der Waals surface area contributed by atoms with Crippen LogP contribution < -0.4 is 4.74 Å². The van der Waals surface area contributed by atoms with Gasteiger partial charge in [0.15, 0.2) is 0 Å². The highest BCUT2D eigenvalue weighted by Crippen LogP contribution is 2.35. The van der Waals surface area contributed by atoms with Gasteiger partial charge in [0, 0.05) is 10.8 Å². The number of carbonyl (C=O) groups excluding carboxylic acids is 1. The Hall–Kier alpha value is -2.56. The molecule has 2 nitrogen and oxygen atoms in total. The number of hydrogen-bond donors (Lipinski definition) is 0. The highest BCUT2D eigenvalue weighted by molar-refractivity contribution is 6.06. The Morgan fingerprint density at radius 2 is 1.33 bits per heavy atom. The van der Waals surface area contributed by atoms with Crippen molar-refractivity contribution in [2.45, 2.75) is 6.18 Å². The highest BCUT2D eigenvalue weighted by Gasteiger charge is 2.41. The smallest absolute Gasteiger partial charge is 0.419 e. The summed E-state index contributed by atoms with van der Waals surface area (Å²) in [5, 5.41) is 2.35. The Bertz CT molecular complexity index is 784. The van der Waals surface area contributed by atoms with Gasteiger partial charge < -0.3 is 4.74 Å². The zero-order valence-electron chi connectivity index (χ0n) is 10.6. The minimum atomic E-state index is -5.03. The first-order chi connectivity index (χ1) is 9.97. The van der Waals surface area contributed by atoms with Crippen molar-refractivity contribution in [2.75, 3.05) is 0 Å². The molecule has 3 aromatic carbocycles. The fraction of sp³-hybridized carbons (Fsp3) is 0.0625. The molecule has 0 spiro atoms. The molecule has 21 heavy (non-hydrogen) atoms. The molecular weight excluding hydrogens is 281 g/mol. The van der Waals surface area contributed by atoms with E-state index in [1.807, 2.05) is 6.07 Å². The van der Waals surface area contributed by atoms with E-state index in [2.05, 4.69) is 4.74 Å². The average molecular weight is 290 g/mol. The maximum atomic E-state index is 12.5. The molecule has 0 saturated carbocycles. The van der Waals surface area contributed by atoms with E-state index in [0.29, 0.717) is 21.5 Å². The summed E-state index contributed by atoms with van der Waals surface area (Å²) in [6.07, 6.45) is -5.03. The molecule has 3 aromatic rings. The first-order valence-corrected chi connectivity index (χ1v) is 6.16. The van der Waals surface area contributed by atoms with Crippen molar-refractivity contribution >= 4 is 27.5 Å². The predicted octanol–water partition coefficient (Wildman–Crippen LogP) is 4.46. The van der Waals surface area contributed by atoms with Crippen molar-refractivity contribution in [1.29, 1.82) is 0 Å². The summed E-state index contributed by atoms with van der Waals surface area (Å²) >= 11 is 0. The topological polar surface area (TPSA) is 26.3 Å². The predicted molar refractivity (Wildman–Crippen MR) is 73.1 cm³/mol. The van der Waals surface area contributed by atoms with Gasteiger partial charge >= 0.3 is 12.1 Å². The Morgan fingerprint density at radius 1 is 0.857 bits per heavy atom. The van der Waals surface area contributed by atoms with E-state index >= 15 is 0 Å². The van der Waals surface area contributed by atoms with Crippen LogP contribution in [0, 0.1) is 0 Å². The summed E-state index contributed by atoms with van der Waals surface area (Å²) in [4.78, 5) is 11.2. The van der Waals surface area contributed by atoms with Crippen LogP contribution in [0.25, 0.3) is 21.5 Å². The second-order valence-electron chi connectivity index (χ2n) is 4.54. The van der Waals surface area contributed by atoms with Gasteiger partial charge in [0.1, 0.15) is 5.75 Å². The lowest BCUT2D eigenvalue weighted by molar-refractivity contribution is -0.189. The van der Waals surface area contributed by atoms with Gasteiger partial charge in [-0.05, 0) is 16.8 Å². The molecule has 3 rings (SSSR count). The molecule has 0 N–H and O–H groups in total. The van der Waals surface area contributed by atoms with E-state index < -0.39 is 12.1 Å². The minimum absolute atomic E-state index is 0.0639. The molecule has 5 heteroatoms. The first-order valence-electron chi connectivity index (χ1n) is 6.16. The van der Waals surface area contributed by atoms with Crippen molar-refractivity contribution in [3.8, 4) is 5.75 Å². The summed E-state index contributed by atoms with van der Waals surface area (Å²) in [6, 6.07) is 15.5. The third kappa shape index (κ3) is 2.42. The molecule has 0 saturated heterocycles. The van der Waals surface area contributed by atoms with Crippen LogP contribution in [-0.2, 0) is 4.79 Å². The summed E-state index contributed by atoms with van der Waals surface area (Å²) in [6.45, 7) is 0. The Kier molecular flexibility index (Phi) is 3.05. The number of ether oxygens (including phenoxy) is 1.